The van der Waals surface area contributed by atoms with Crippen LogP contribution < -0.4 is 10.2 Å². The van der Waals surface area contributed by atoms with Crippen molar-refractivity contribution in [2.75, 3.05) is 16.8 Å². The number of anilines is 2. The van der Waals surface area contributed by atoms with Crippen molar-refractivity contribution < 1.29 is 19.1 Å². The van der Waals surface area contributed by atoms with Gasteiger partial charge >= 0.3 is 5.97 Å². The van der Waals surface area contributed by atoms with E-state index in [1.54, 1.807) is 31.2 Å². The van der Waals surface area contributed by atoms with Crippen LogP contribution in [0.4, 0.5) is 11.4 Å². The molecule has 0 saturated carbocycles. The third-order valence-electron chi connectivity index (χ3n) is 5.94. The third kappa shape index (κ3) is 6.12. The van der Waals surface area contributed by atoms with Gasteiger partial charge in [0.25, 0.3) is 11.8 Å². The molecular weight excluding hydrogens is 484 g/mol. The molecule has 1 heterocycles. The SMILES string of the molecule is CCCCc1ccc(N2C(=O)C(Nc3cccc(C(=O)OCC)c3)=C(Sc3ccc(C)cc3)C2=O)cc1. The number of nitrogens with zero attached hydrogens (tertiary/aromatic N) is 1. The highest BCUT2D eigenvalue weighted by Gasteiger charge is 2.40. The molecule has 37 heavy (non-hydrogen) atoms. The molecule has 6 nitrogen and oxygen atoms in total. The molecule has 2 amide bonds. The Kier molecular flexibility index (Phi) is 8.46. The third-order valence-corrected chi connectivity index (χ3v) is 7.03. The molecule has 3 aromatic rings. The number of ether oxygens (including phenoxy) is 1. The zero-order valence-electron chi connectivity index (χ0n) is 21.2. The van der Waals surface area contributed by atoms with E-state index in [0.29, 0.717) is 21.8 Å². The molecule has 190 valence electrons. The number of carbonyl (C=O) groups excluding carboxylic acids is 3. The van der Waals surface area contributed by atoms with Crippen LogP contribution in [-0.4, -0.2) is 24.4 Å². The first-order chi connectivity index (χ1) is 17.9. The van der Waals surface area contributed by atoms with Crippen LogP contribution in [-0.2, 0) is 20.7 Å². The maximum Gasteiger partial charge on any atom is 0.338 e. The maximum absolute atomic E-state index is 13.6. The van der Waals surface area contributed by atoms with Crippen LogP contribution in [0.3, 0.4) is 0 Å². The monoisotopic (exact) mass is 514 g/mol. The van der Waals surface area contributed by atoms with Crippen LogP contribution in [0.1, 0.15) is 48.2 Å². The van der Waals surface area contributed by atoms with E-state index in [4.69, 9.17) is 4.74 Å². The first kappa shape index (κ1) is 26.2. The molecule has 4 rings (SSSR count). The molecular formula is C30H30N2O4S. The number of nitrogens with one attached hydrogen (secondary N) is 1. The molecule has 0 atom stereocenters. The van der Waals surface area contributed by atoms with Crippen LogP contribution in [0.25, 0.3) is 0 Å². The number of thioether (sulfide) groups is 1. The Bertz CT molecular complexity index is 1330. The Hall–Kier alpha value is -3.84. The number of imide groups is 1. The van der Waals surface area contributed by atoms with E-state index >= 15 is 0 Å². The van der Waals surface area contributed by atoms with Crippen molar-refractivity contribution in [2.24, 2.45) is 0 Å². The van der Waals surface area contributed by atoms with E-state index in [9.17, 15) is 14.4 Å². The van der Waals surface area contributed by atoms with Crippen LogP contribution in [0.2, 0.25) is 0 Å². The minimum atomic E-state index is -0.451. The lowest BCUT2D eigenvalue weighted by Gasteiger charge is -2.16. The molecule has 0 spiro atoms. The smallest absolute Gasteiger partial charge is 0.338 e. The summed E-state index contributed by atoms with van der Waals surface area (Å²) in [6, 6.07) is 22.1. The predicted molar refractivity (Wildman–Crippen MR) is 148 cm³/mol. The van der Waals surface area contributed by atoms with E-state index in [1.807, 2.05) is 55.5 Å². The summed E-state index contributed by atoms with van der Waals surface area (Å²) in [7, 11) is 0. The van der Waals surface area contributed by atoms with E-state index in [1.165, 1.54) is 22.2 Å². The highest BCUT2D eigenvalue weighted by molar-refractivity contribution is 8.04. The quantitative estimate of drug-likeness (QED) is 0.246. The summed E-state index contributed by atoms with van der Waals surface area (Å²) in [6.45, 7) is 6.14. The van der Waals surface area contributed by atoms with Gasteiger partial charge in [0.2, 0.25) is 0 Å². The number of rotatable bonds is 10. The van der Waals surface area contributed by atoms with Gasteiger partial charge in [0.05, 0.1) is 17.9 Å². The Morgan fingerprint density at radius 3 is 2.35 bits per heavy atom. The largest absolute Gasteiger partial charge is 0.462 e. The first-order valence-electron chi connectivity index (χ1n) is 12.4. The summed E-state index contributed by atoms with van der Waals surface area (Å²) >= 11 is 1.24. The molecule has 3 aromatic carbocycles. The molecule has 1 N–H and O–H groups in total. The topological polar surface area (TPSA) is 75.7 Å². The summed E-state index contributed by atoms with van der Waals surface area (Å²) < 4.78 is 5.10. The lowest BCUT2D eigenvalue weighted by molar-refractivity contribution is -0.120. The van der Waals surface area contributed by atoms with Gasteiger partial charge in [0.15, 0.2) is 0 Å². The molecule has 7 heteroatoms. The van der Waals surface area contributed by atoms with Crippen LogP contribution in [0.15, 0.2) is 88.3 Å². The summed E-state index contributed by atoms with van der Waals surface area (Å²) in [4.78, 5) is 41.8. The number of unbranched alkanes of at least 4 members (excludes halogenated alkanes) is 1. The van der Waals surface area contributed by atoms with Gasteiger partial charge in [0, 0.05) is 10.6 Å². The van der Waals surface area contributed by atoms with Gasteiger partial charge < -0.3 is 10.1 Å². The maximum atomic E-state index is 13.6. The lowest BCUT2D eigenvalue weighted by atomic mass is 10.1. The first-order valence-corrected chi connectivity index (χ1v) is 13.2. The number of hydrogen-bond acceptors (Lipinski definition) is 6. The van der Waals surface area contributed by atoms with Gasteiger partial charge in [-0.15, -0.1) is 0 Å². The minimum Gasteiger partial charge on any atom is -0.462 e. The average molecular weight is 515 g/mol. The van der Waals surface area contributed by atoms with Gasteiger partial charge in [-0.25, -0.2) is 9.69 Å². The fourth-order valence-electron chi connectivity index (χ4n) is 3.95. The molecule has 0 fully saturated rings. The fraction of sp³-hybridized carbons (Fsp3) is 0.233. The average Bonchev–Trinajstić information content (AvgIpc) is 3.13. The minimum absolute atomic E-state index is 0.173. The fourth-order valence-corrected chi connectivity index (χ4v) is 4.88. The predicted octanol–water partition coefficient (Wildman–Crippen LogP) is 6.50. The second-order valence-electron chi connectivity index (χ2n) is 8.76. The van der Waals surface area contributed by atoms with E-state index in [2.05, 4.69) is 12.2 Å². The van der Waals surface area contributed by atoms with E-state index in [0.717, 1.165) is 29.7 Å². The highest BCUT2D eigenvalue weighted by atomic mass is 32.2. The molecule has 1 aliphatic heterocycles. The molecule has 0 radical (unpaired) electrons. The lowest BCUT2D eigenvalue weighted by Crippen LogP contribution is -2.32. The Morgan fingerprint density at radius 1 is 0.946 bits per heavy atom. The summed E-state index contributed by atoms with van der Waals surface area (Å²) in [5.41, 5.74) is 3.84. The van der Waals surface area contributed by atoms with E-state index < -0.39 is 11.9 Å². The normalized spacial score (nSPS) is 13.3. The Balaban J connectivity index is 1.67. The van der Waals surface area contributed by atoms with Gasteiger partial charge in [0.1, 0.15) is 10.6 Å². The number of esters is 1. The highest BCUT2D eigenvalue weighted by Crippen LogP contribution is 2.38. The molecule has 1 aliphatic rings. The van der Waals surface area contributed by atoms with Gasteiger partial charge in [-0.05, 0) is 74.7 Å². The van der Waals surface area contributed by atoms with Gasteiger partial charge in [-0.1, -0.05) is 61.0 Å². The number of amides is 2. The van der Waals surface area contributed by atoms with E-state index in [-0.39, 0.29) is 18.2 Å². The van der Waals surface area contributed by atoms with Crippen molar-refractivity contribution in [3.05, 3.63) is 100 Å². The number of aryl methyl sites for hydroxylation is 2. The summed E-state index contributed by atoms with van der Waals surface area (Å²) in [5.74, 6) is -1.28. The van der Waals surface area contributed by atoms with Crippen LogP contribution in [0, 0.1) is 6.92 Å². The molecule has 0 aromatic heterocycles. The molecule has 0 bridgehead atoms. The zero-order valence-corrected chi connectivity index (χ0v) is 22.1. The summed E-state index contributed by atoms with van der Waals surface area (Å²) in [6.07, 6.45) is 3.13. The second-order valence-corrected chi connectivity index (χ2v) is 9.85. The molecule has 0 saturated heterocycles. The Labute approximate surface area is 221 Å². The van der Waals surface area contributed by atoms with Crippen molar-refractivity contribution >= 4 is 40.9 Å². The summed E-state index contributed by atoms with van der Waals surface area (Å²) in [5, 5.41) is 3.12. The molecule has 0 unspecified atom stereocenters. The van der Waals surface area contributed by atoms with Gasteiger partial charge in [-0.3, -0.25) is 9.59 Å². The number of hydrogen-bond donors (Lipinski definition) is 1. The molecule has 0 aliphatic carbocycles. The Morgan fingerprint density at radius 2 is 1.68 bits per heavy atom. The van der Waals surface area contributed by atoms with Crippen molar-refractivity contribution in [3.8, 4) is 0 Å². The van der Waals surface area contributed by atoms with Gasteiger partial charge in [-0.2, -0.15) is 0 Å². The van der Waals surface area contributed by atoms with Crippen molar-refractivity contribution in [1.82, 2.24) is 0 Å². The standard InChI is InChI=1S/C30H30N2O4S/c1-4-6-8-21-13-15-24(16-14-21)32-28(33)26(27(29(32)34)37-25-17-11-20(3)12-18-25)31-23-10-7-9-22(19-23)30(35)36-5-2/h7,9-19,31H,4-6,8H2,1-3H3. The van der Waals surface area contributed by atoms with Crippen molar-refractivity contribution in [3.63, 3.8) is 0 Å². The van der Waals surface area contributed by atoms with Crippen molar-refractivity contribution in [1.29, 1.82) is 0 Å². The van der Waals surface area contributed by atoms with Crippen LogP contribution >= 0.6 is 11.8 Å². The second kappa shape index (κ2) is 11.9. The van der Waals surface area contributed by atoms with Crippen molar-refractivity contribution in [2.45, 2.75) is 44.9 Å². The van der Waals surface area contributed by atoms with Crippen LogP contribution in [0.5, 0.6) is 0 Å². The zero-order chi connectivity index (χ0) is 26.4. The number of benzene rings is 3. The number of carbonyl (C=O) groups is 3.